The van der Waals surface area contributed by atoms with Crippen molar-refractivity contribution >= 4 is 16.8 Å². The average Bonchev–Trinajstić information content (AvgIpc) is 2.93. The van der Waals surface area contributed by atoms with E-state index in [0.717, 1.165) is 16.5 Å². The van der Waals surface area contributed by atoms with E-state index >= 15 is 0 Å². The van der Waals surface area contributed by atoms with E-state index in [1.165, 1.54) is 6.26 Å². The van der Waals surface area contributed by atoms with Gasteiger partial charge in [-0.25, -0.2) is 0 Å². The molecule has 0 amide bonds. The molecule has 2 aromatic heterocycles. The molecule has 0 saturated heterocycles. The first-order valence-electron chi connectivity index (χ1n) is 5.73. The van der Waals surface area contributed by atoms with Crippen molar-refractivity contribution in [1.82, 2.24) is 0 Å². The SMILES string of the molecule is Cc1ccc2oc(C(=O)c3coc(C)c3)cc2c1. The van der Waals surface area contributed by atoms with E-state index in [2.05, 4.69) is 0 Å². The van der Waals surface area contributed by atoms with Crippen molar-refractivity contribution in [2.24, 2.45) is 0 Å². The van der Waals surface area contributed by atoms with Crippen molar-refractivity contribution in [3.63, 3.8) is 0 Å². The van der Waals surface area contributed by atoms with Crippen molar-refractivity contribution in [1.29, 1.82) is 0 Å². The van der Waals surface area contributed by atoms with Gasteiger partial charge >= 0.3 is 0 Å². The van der Waals surface area contributed by atoms with Gasteiger partial charge in [-0.1, -0.05) is 11.6 Å². The van der Waals surface area contributed by atoms with Crippen LogP contribution in [-0.4, -0.2) is 5.78 Å². The summed E-state index contributed by atoms with van der Waals surface area (Å²) < 4.78 is 10.7. The first-order valence-corrected chi connectivity index (χ1v) is 5.73. The molecule has 0 aliphatic carbocycles. The molecule has 0 N–H and O–H groups in total. The van der Waals surface area contributed by atoms with Crippen LogP contribution in [0.25, 0.3) is 11.0 Å². The number of rotatable bonds is 2. The molecule has 0 spiro atoms. The molecule has 0 fully saturated rings. The zero-order valence-electron chi connectivity index (χ0n) is 10.2. The Morgan fingerprint density at radius 1 is 1.11 bits per heavy atom. The fourth-order valence-electron chi connectivity index (χ4n) is 1.98. The predicted octanol–water partition coefficient (Wildman–Crippen LogP) is 3.87. The van der Waals surface area contributed by atoms with Gasteiger partial charge < -0.3 is 8.83 Å². The minimum atomic E-state index is -0.152. The summed E-state index contributed by atoms with van der Waals surface area (Å²) >= 11 is 0. The molecule has 1 aromatic carbocycles. The molecular weight excluding hydrogens is 228 g/mol. The van der Waals surface area contributed by atoms with Crippen LogP contribution < -0.4 is 0 Å². The van der Waals surface area contributed by atoms with Crippen molar-refractivity contribution in [3.05, 3.63) is 59.2 Å². The maximum absolute atomic E-state index is 12.2. The zero-order chi connectivity index (χ0) is 12.7. The van der Waals surface area contributed by atoms with Gasteiger partial charge in [-0.2, -0.15) is 0 Å². The quantitative estimate of drug-likeness (QED) is 0.638. The highest BCUT2D eigenvalue weighted by molar-refractivity contribution is 6.08. The summed E-state index contributed by atoms with van der Waals surface area (Å²) in [6.07, 6.45) is 1.45. The number of furan rings is 2. The van der Waals surface area contributed by atoms with E-state index in [0.29, 0.717) is 17.1 Å². The lowest BCUT2D eigenvalue weighted by molar-refractivity contribution is 0.101. The molecule has 0 aliphatic heterocycles. The lowest BCUT2D eigenvalue weighted by atomic mass is 10.1. The highest BCUT2D eigenvalue weighted by Gasteiger charge is 2.16. The maximum atomic E-state index is 12.2. The predicted molar refractivity (Wildman–Crippen MR) is 67.8 cm³/mol. The molecule has 90 valence electrons. The number of hydrogen-bond donors (Lipinski definition) is 0. The fourth-order valence-corrected chi connectivity index (χ4v) is 1.98. The summed E-state index contributed by atoms with van der Waals surface area (Å²) in [5.41, 5.74) is 2.38. The Morgan fingerprint density at radius 2 is 1.94 bits per heavy atom. The van der Waals surface area contributed by atoms with Crippen LogP contribution in [-0.2, 0) is 0 Å². The Labute approximate surface area is 104 Å². The van der Waals surface area contributed by atoms with Crippen molar-refractivity contribution in [2.75, 3.05) is 0 Å². The molecule has 0 unspecified atom stereocenters. The Morgan fingerprint density at radius 3 is 2.67 bits per heavy atom. The zero-order valence-corrected chi connectivity index (χ0v) is 10.2. The highest BCUT2D eigenvalue weighted by Crippen LogP contribution is 2.23. The summed E-state index contributed by atoms with van der Waals surface area (Å²) in [4.78, 5) is 12.2. The first kappa shape index (κ1) is 10.8. The molecule has 3 rings (SSSR count). The molecule has 3 heteroatoms. The largest absolute Gasteiger partial charge is 0.469 e. The number of benzene rings is 1. The second-order valence-corrected chi connectivity index (χ2v) is 4.43. The Bertz CT molecular complexity index is 731. The molecule has 0 atom stereocenters. The van der Waals surface area contributed by atoms with Crippen LogP contribution in [0.5, 0.6) is 0 Å². The van der Waals surface area contributed by atoms with Gasteiger partial charge in [0, 0.05) is 5.39 Å². The van der Waals surface area contributed by atoms with Crippen LogP contribution >= 0.6 is 0 Å². The molecule has 18 heavy (non-hydrogen) atoms. The topological polar surface area (TPSA) is 43.4 Å². The van der Waals surface area contributed by atoms with E-state index in [4.69, 9.17) is 8.83 Å². The summed E-state index contributed by atoms with van der Waals surface area (Å²) in [5.74, 6) is 0.905. The van der Waals surface area contributed by atoms with Crippen molar-refractivity contribution in [2.45, 2.75) is 13.8 Å². The van der Waals surface area contributed by atoms with Gasteiger partial charge in [0.2, 0.25) is 5.78 Å². The van der Waals surface area contributed by atoms with Gasteiger partial charge in [0.15, 0.2) is 5.76 Å². The molecule has 3 aromatic rings. The second-order valence-electron chi connectivity index (χ2n) is 4.43. The van der Waals surface area contributed by atoms with Crippen LogP contribution in [0.2, 0.25) is 0 Å². The number of fused-ring (bicyclic) bond motifs is 1. The van der Waals surface area contributed by atoms with Gasteiger partial charge in [-0.3, -0.25) is 4.79 Å². The van der Waals surface area contributed by atoms with Gasteiger partial charge in [0.05, 0.1) is 5.56 Å². The molecule has 2 heterocycles. The minimum absolute atomic E-state index is 0.152. The van der Waals surface area contributed by atoms with Gasteiger partial charge in [-0.05, 0) is 38.1 Å². The summed E-state index contributed by atoms with van der Waals surface area (Å²) in [6.45, 7) is 3.81. The average molecular weight is 240 g/mol. The lowest BCUT2D eigenvalue weighted by Crippen LogP contribution is -1.96. The summed E-state index contributed by atoms with van der Waals surface area (Å²) in [6, 6.07) is 9.31. The van der Waals surface area contributed by atoms with Crippen LogP contribution in [0.15, 0.2) is 45.4 Å². The number of hydrogen-bond acceptors (Lipinski definition) is 3. The van der Waals surface area contributed by atoms with E-state index in [1.807, 2.05) is 25.1 Å². The smallest absolute Gasteiger partial charge is 0.231 e. The fraction of sp³-hybridized carbons (Fsp3) is 0.133. The van der Waals surface area contributed by atoms with Crippen molar-refractivity contribution < 1.29 is 13.6 Å². The van der Waals surface area contributed by atoms with Gasteiger partial charge in [0.25, 0.3) is 0 Å². The van der Waals surface area contributed by atoms with E-state index < -0.39 is 0 Å². The number of carbonyl (C=O) groups is 1. The molecule has 3 nitrogen and oxygen atoms in total. The minimum Gasteiger partial charge on any atom is -0.469 e. The maximum Gasteiger partial charge on any atom is 0.231 e. The third-order valence-electron chi connectivity index (χ3n) is 2.89. The van der Waals surface area contributed by atoms with Crippen LogP contribution in [0.3, 0.4) is 0 Å². The first-order chi connectivity index (χ1) is 8.63. The summed E-state index contributed by atoms with van der Waals surface area (Å²) in [7, 11) is 0. The standard InChI is InChI=1S/C15H12O3/c1-9-3-4-13-11(5-9)7-14(18-13)15(16)12-6-10(2)17-8-12/h3-8H,1-2H3. The summed E-state index contributed by atoms with van der Waals surface area (Å²) in [5, 5.41) is 0.943. The van der Waals surface area contributed by atoms with E-state index in [1.54, 1.807) is 19.1 Å². The Hall–Kier alpha value is -2.29. The van der Waals surface area contributed by atoms with E-state index in [9.17, 15) is 4.79 Å². The number of ketones is 1. The Kier molecular flexibility index (Phi) is 2.33. The molecule has 0 aliphatic rings. The monoisotopic (exact) mass is 240 g/mol. The van der Waals surface area contributed by atoms with E-state index in [-0.39, 0.29) is 5.78 Å². The molecule has 0 saturated carbocycles. The molecule has 0 bridgehead atoms. The number of aryl methyl sites for hydroxylation is 2. The van der Waals surface area contributed by atoms with Gasteiger partial charge in [-0.15, -0.1) is 0 Å². The highest BCUT2D eigenvalue weighted by atomic mass is 16.3. The van der Waals surface area contributed by atoms with Crippen molar-refractivity contribution in [3.8, 4) is 0 Å². The van der Waals surface area contributed by atoms with Crippen LogP contribution in [0.1, 0.15) is 27.4 Å². The normalized spacial score (nSPS) is 11.0. The Balaban J connectivity index is 2.06. The molecule has 0 radical (unpaired) electrons. The second kappa shape index (κ2) is 3.88. The van der Waals surface area contributed by atoms with Crippen LogP contribution in [0.4, 0.5) is 0 Å². The van der Waals surface area contributed by atoms with Gasteiger partial charge in [0.1, 0.15) is 17.6 Å². The number of carbonyl (C=O) groups excluding carboxylic acids is 1. The lowest BCUT2D eigenvalue weighted by Gasteiger charge is -1.90. The molecular formula is C15H12O3. The third-order valence-corrected chi connectivity index (χ3v) is 2.89. The van der Waals surface area contributed by atoms with Crippen LogP contribution in [0, 0.1) is 13.8 Å². The third kappa shape index (κ3) is 1.74.